The second-order valence-corrected chi connectivity index (χ2v) is 8.20. The van der Waals surface area contributed by atoms with E-state index in [1.54, 1.807) is 27.2 Å². The fourth-order valence-electron chi connectivity index (χ4n) is 2.50. The van der Waals surface area contributed by atoms with Crippen molar-refractivity contribution in [2.45, 2.75) is 33.3 Å². The van der Waals surface area contributed by atoms with E-state index in [0.29, 0.717) is 36.3 Å². The number of thiazole rings is 1. The van der Waals surface area contributed by atoms with Gasteiger partial charge in [0.2, 0.25) is 0 Å². The molecule has 0 bridgehead atoms. The number of aliphatic imine (C=N–C) groups is 1. The van der Waals surface area contributed by atoms with Crippen LogP contribution in [0.2, 0.25) is 0 Å². The van der Waals surface area contributed by atoms with Crippen LogP contribution in [-0.4, -0.2) is 54.8 Å². The first kappa shape index (κ1) is 24.5. The van der Waals surface area contributed by atoms with Gasteiger partial charge in [0.05, 0.1) is 22.5 Å². The molecule has 9 heteroatoms. The Labute approximate surface area is 186 Å². The van der Waals surface area contributed by atoms with Crippen molar-refractivity contribution in [1.29, 1.82) is 0 Å². The van der Waals surface area contributed by atoms with E-state index < -0.39 is 5.60 Å². The van der Waals surface area contributed by atoms with Crippen molar-refractivity contribution < 1.29 is 19.4 Å². The van der Waals surface area contributed by atoms with Crippen LogP contribution in [-0.2, 0) is 4.74 Å². The molecular formula is C22H30N4O4S. The van der Waals surface area contributed by atoms with E-state index >= 15 is 0 Å². The van der Waals surface area contributed by atoms with E-state index in [0.717, 1.165) is 21.4 Å². The molecule has 1 heterocycles. The molecule has 1 aromatic carbocycles. The maximum atomic E-state index is 11.8. The summed E-state index contributed by atoms with van der Waals surface area (Å²) in [5.41, 5.74) is 1.52. The molecule has 0 unspecified atom stereocenters. The summed E-state index contributed by atoms with van der Waals surface area (Å²) in [5, 5.41) is 16.0. The second-order valence-electron chi connectivity index (χ2n) is 7.17. The Morgan fingerprint density at radius 1 is 1.39 bits per heavy atom. The molecule has 0 atom stereocenters. The smallest absolute Gasteiger partial charge is 0.321 e. The number of methoxy groups -OCH3 is 1. The molecule has 3 N–H and O–H groups in total. The molecule has 0 radical (unpaired) electrons. The van der Waals surface area contributed by atoms with Gasteiger partial charge in [-0.15, -0.1) is 0 Å². The third kappa shape index (κ3) is 6.88. The molecule has 0 saturated carbocycles. The summed E-state index contributed by atoms with van der Waals surface area (Å²) in [6, 6.07) is 3.48. The monoisotopic (exact) mass is 446 g/mol. The zero-order chi connectivity index (χ0) is 23.0. The van der Waals surface area contributed by atoms with E-state index in [9.17, 15) is 9.90 Å². The predicted molar refractivity (Wildman–Crippen MR) is 127 cm³/mol. The molecule has 0 fully saturated rings. The third-order valence-electron chi connectivity index (χ3n) is 4.28. The quantitative estimate of drug-likeness (QED) is 0.374. The van der Waals surface area contributed by atoms with Crippen molar-refractivity contribution in [3.8, 4) is 5.75 Å². The lowest BCUT2D eigenvalue weighted by Gasteiger charge is -2.17. The number of rotatable bonds is 10. The highest BCUT2D eigenvalue weighted by Gasteiger charge is 2.17. The van der Waals surface area contributed by atoms with Gasteiger partial charge in [-0.25, -0.2) is 9.78 Å². The van der Waals surface area contributed by atoms with Crippen LogP contribution in [0.15, 0.2) is 35.5 Å². The van der Waals surface area contributed by atoms with Crippen LogP contribution >= 0.6 is 11.3 Å². The summed E-state index contributed by atoms with van der Waals surface area (Å²) < 4.78 is 11.9. The lowest BCUT2D eigenvalue weighted by atomic mass is 10.0. The van der Waals surface area contributed by atoms with Crippen molar-refractivity contribution >= 4 is 44.5 Å². The minimum absolute atomic E-state index is 0.301. The number of ether oxygens (including phenoxy) is 2. The minimum atomic E-state index is -1.12. The third-order valence-corrected chi connectivity index (χ3v) is 5.21. The van der Waals surface area contributed by atoms with E-state index in [4.69, 9.17) is 9.47 Å². The van der Waals surface area contributed by atoms with Crippen LogP contribution in [0.4, 0.5) is 9.93 Å². The topological polar surface area (TPSA) is 105 Å². The van der Waals surface area contributed by atoms with Gasteiger partial charge in [0, 0.05) is 31.5 Å². The molecule has 0 saturated heterocycles. The van der Waals surface area contributed by atoms with Gasteiger partial charge >= 0.3 is 6.03 Å². The largest absolute Gasteiger partial charge is 0.490 e. The number of nitrogens with zero attached hydrogens (tertiary/aromatic N) is 2. The average Bonchev–Trinajstić information content (AvgIpc) is 3.08. The van der Waals surface area contributed by atoms with Gasteiger partial charge in [-0.3, -0.25) is 10.3 Å². The summed E-state index contributed by atoms with van der Waals surface area (Å²) in [5.74, 6) is 0.645. The lowest BCUT2D eigenvalue weighted by Crippen LogP contribution is -2.28. The molecule has 8 nitrogen and oxygen atoms in total. The van der Waals surface area contributed by atoms with E-state index in [1.807, 2.05) is 32.1 Å². The summed E-state index contributed by atoms with van der Waals surface area (Å²) in [7, 11) is 1.61. The number of aromatic nitrogens is 1. The molecule has 0 spiro atoms. The average molecular weight is 447 g/mol. The fraction of sp³-hybridized carbons (Fsp3) is 0.409. The number of urea groups is 1. The van der Waals surface area contributed by atoms with Gasteiger partial charge in [0.1, 0.15) is 18.0 Å². The second kappa shape index (κ2) is 11.0. The molecule has 0 aliphatic heterocycles. The number of nitrogens with one attached hydrogen (secondary N) is 2. The van der Waals surface area contributed by atoms with Gasteiger partial charge in [0.25, 0.3) is 0 Å². The molecule has 1 aromatic heterocycles. The predicted octanol–water partition coefficient (Wildman–Crippen LogP) is 4.22. The summed E-state index contributed by atoms with van der Waals surface area (Å²) in [4.78, 5) is 20.7. The Kier molecular flexibility index (Phi) is 8.73. The number of aliphatic hydroxyl groups is 1. The molecule has 2 amide bonds. The number of fused-ring (bicyclic) bond motifs is 1. The van der Waals surface area contributed by atoms with Crippen molar-refractivity contribution in [3.63, 3.8) is 0 Å². The van der Waals surface area contributed by atoms with Crippen LogP contribution in [0.5, 0.6) is 5.75 Å². The molecule has 0 aliphatic rings. The van der Waals surface area contributed by atoms with Crippen LogP contribution in [0.3, 0.4) is 0 Å². The number of hydrogen-bond donors (Lipinski definition) is 3. The van der Waals surface area contributed by atoms with Crippen LogP contribution < -0.4 is 15.4 Å². The van der Waals surface area contributed by atoms with Gasteiger partial charge in [0.15, 0.2) is 5.13 Å². The Balaban J connectivity index is 2.44. The molecule has 168 valence electrons. The Bertz CT molecular complexity index is 989. The van der Waals surface area contributed by atoms with Crippen LogP contribution in [0.25, 0.3) is 15.8 Å². The van der Waals surface area contributed by atoms with Crippen molar-refractivity contribution in [2.75, 3.05) is 32.2 Å². The first-order chi connectivity index (χ1) is 14.7. The number of carbonyl (C=O) groups excluding carboxylic acids is 1. The normalized spacial score (nSPS) is 12.4. The zero-order valence-corrected chi connectivity index (χ0v) is 19.4. The zero-order valence-electron chi connectivity index (χ0n) is 18.6. The Morgan fingerprint density at radius 3 is 2.74 bits per heavy atom. The summed E-state index contributed by atoms with van der Waals surface area (Å²) in [6.07, 6.45) is 3.54. The molecule has 0 aliphatic carbocycles. The van der Waals surface area contributed by atoms with Gasteiger partial charge < -0.3 is 19.9 Å². The SMILES string of the molecule is C=C(N=C/C(=C\C)c1cc2nc(NC(=O)NCC)sc2cc1OCCOC)C(C)(C)O. The number of anilines is 1. The first-order valence-electron chi connectivity index (χ1n) is 9.93. The summed E-state index contributed by atoms with van der Waals surface area (Å²) in [6.45, 7) is 12.2. The Hall–Kier alpha value is -2.75. The number of amides is 2. The molecule has 2 aromatic rings. The standard InChI is InChI=1S/C22H30N4O4S/c1-7-15(13-24-14(3)22(4,5)28)16-11-17-19(12-18(16)30-10-9-29-6)31-21(25-17)26-20(27)23-8-2/h7,11-13,28H,3,8-10H2,1-2,4-6H3,(H2,23,25,26,27)/b15-7+,24-13?. The highest BCUT2D eigenvalue weighted by molar-refractivity contribution is 7.22. The van der Waals surface area contributed by atoms with Crippen LogP contribution in [0.1, 0.15) is 33.3 Å². The number of allylic oxidation sites excluding steroid dienone is 2. The first-order valence-corrected chi connectivity index (χ1v) is 10.7. The Morgan fingerprint density at radius 2 is 2.13 bits per heavy atom. The van der Waals surface area contributed by atoms with E-state index in [-0.39, 0.29) is 6.03 Å². The highest BCUT2D eigenvalue weighted by atomic mass is 32.1. The van der Waals surface area contributed by atoms with Crippen molar-refractivity contribution in [1.82, 2.24) is 10.3 Å². The van der Waals surface area contributed by atoms with E-state index in [2.05, 4.69) is 27.2 Å². The number of benzene rings is 1. The van der Waals surface area contributed by atoms with Crippen molar-refractivity contribution in [3.05, 3.63) is 36.0 Å². The van der Waals surface area contributed by atoms with Gasteiger partial charge in [-0.1, -0.05) is 24.0 Å². The highest BCUT2D eigenvalue weighted by Crippen LogP contribution is 2.35. The van der Waals surface area contributed by atoms with E-state index in [1.165, 1.54) is 11.3 Å². The number of carbonyl (C=O) groups is 1. The fourth-order valence-corrected chi connectivity index (χ4v) is 3.37. The molecule has 2 rings (SSSR count). The lowest BCUT2D eigenvalue weighted by molar-refractivity contribution is 0.119. The number of hydrogen-bond acceptors (Lipinski definition) is 7. The van der Waals surface area contributed by atoms with Crippen LogP contribution in [0, 0.1) is 0 Å². The maximum absolute atomic E-state index is 11.8. The van der Waals surface area contributed by atoms with Crippen molar-refractivity contribution in [2.24, 2.45) is 4.99 Å². The maximum Gasteiger partial charge on any atom is 0.321 e. The van der Waals surface area contributed by atoms with Gasteiger partial charge in [-0.05, 0) is 39.3 Å². The molecular weight excluding hydrogens is 416 g/mol. The molecule has 31 heavy (non-hydrogen) atoms. The summed E-state index contributed by atoms with van der Waals surface area (Å²) >= 11 is 1.36. The van der Waals surface area contributed by atoms with Gasteiger partial charge in [-0.2, -0.15) is 0 Å². The minimum Gasteiger partial charge on any atom is -0.490 e.